The van der Waals surface area contributed by atoms with Crippen molar-refractivity contribution in [2.75, 3.05) is 19.8 Å². The van der Waals surface area contributed by atoms with E-state index in [2.05, 4.69) is 13.8 Å². The number of hydrogen-bond donors (Lipinski definition) is 2. The Balaban J connectivity index is 3.81. The predicted molar refractivity (Wildman–Crippen MR) is 54.6 cm³/mol. The molecule has 0 spiro atoms. The van der Waals surface area contributed by atoms with Gasteiger partial charge in [0.2, 0.25) is 0 Å². The maximum atomic E-state index is 8.64. The van der Waals surface area contributed by atoms with E-state index in [4.69, 9.17) is 15.6 Å². The van der Waals surface area contributed by atoms with E-state index in [1.165, 1.54) is 0 Å². The topological polar surface area (TPSA) is 55.5 Å². The van der Waals surface area contributed by atoms with Gasteiger partial charge >= 0.3 is 0 Å². The van der Waals surface area contributed by atoms with Crippen LogP contribution >= 0.6 is 0 Å². The molecule has 3 nitrogen and oxygen atoms in total. The second kappa shape index (κ2) is 6.35. The molecule has 0 saturated heterocycles. The van der Waals surface area contributed by atoms with Gasteiger partial charge in [-0.2, -0.15) is 0 Å². The van der Waals surface area contributed by atoms with Crippen LogP contribution in [0.4, 0.5) is 0 Å². The van der Waals surface area contributed by atoms with Crippen molar-refractivity contribution >= 4 is 0 Å². The van der Waals surface area contributed by atoms with E-state index in [1.807, 2.05) is 6.92 Å². The van der Waals surface area contributed by atoms with E-state index in [1.54, 1.807) is 0 Å². The largest absolute Gasteiger partial charge is 0.394 e. The van der Waals surface area contributed by atoms with Crippen LogP contribution in [0.25, 0.3) is 0 Å². The van der Waals surface area contributed by atoms with Gasteiger partial charge in [-0.05, 0) is 25.7 Å². The Hall–Kier alpha value is -0.120. The van der Waals surface area contributed by atoms with E-state index in [0.29, 0.717) is 19.1 Å². The molecule has 0 saturated carbocycles. The van der Waals surface area contributed by atoms with Gasteiger partial charge in [0.15, 0.2) is 0 Å². The molecule has 0 aliphatic heterocycles. The lowest BCUT2D eigenvalue weighted by Crippen LogP contribution is -2.38. The van der Waals surface area contributed by atoms with Crippen molar-refractivity contribution < 1.29 is 9.84 Å². The molecule has 0 aromatic carbocycles. The molecule has 0 aliphatic rings. The summed E-state index contributed by atoms with van der Waals surface area (Å²) >= 11 is 0. The number of aliphatic hydroxyl groups is 1. The summed E-state index contributed by atoms with van der Waals surface area (Å²) < 4.78 is 5.50. The lowest BCUT2D eigenvalue weighted by atomic mass is 9.95. The molecular weight excluding hydrogens is 166 g/mol. The average Bonchev–Trinajstić information content (AvgIpc) is 2.11. The van der Waals surface area contributed by atoms with Gasteiger partial charge in [0.1, 0.15) is 0 Å². The van der Waals surface area contributed by atoms with Crippen LogP contribution in [0.15, 0.2) is 0 Å². The highest BCUT2D eigenvalue weighted by atomic mass is 16.5. The van der Waals surface area contributed by atoms with E-state index in [-0.39, 0.29) is 12.2 Å². The molecule has 0 heterocycles. The van der Waals surface area contributed by atoms with Crippen LogP contribution in [0, 0.1) is 5.92 Å². The first-order chi connectivity index (χ1) is 6.04. The van der Waals surface area contributed by atoms with Crippen molar-refractivity contribution in [1.82, 2.24) is 0 Å². The van der Waals surface area contributed by atoms with E-state index >= 15 is 0 Å². The van der Waals surface area contributed by atoms with Gasteiger partial charge in [-0.15, -0.1) is 0 Å². The van der Waals surface area contributed by atoms with E-state index < -0.39 is 0 Å². The molecule has 0 fully saturated rings. The zero-order valence-electron chi connectivity index (χ0n) is 9.05. The van der Waals surface area contributed by atoms with Gasteiger partial charge < -0.3 is 15.6 Å². The third kappa shape index (κ3) is 6.02. The van der Waals surface area contributed by atoms with Crippen LogP contribution < -0.4 is 5.73 Å². The van der Waals surface area contributed by atoms with Gasteiger partial charge in [0.05, 0.1) is 18.8 Å². The summed E-state index contributed by atoms with van der Waals surface area (Å²) in [5, 5.41) is 8.64. The number of ether oxygens (including phenoxy) is 1. The molecule has 3 N–H and O–H groups in total. The van der Waals surface area contributed by atoms with Crippen LogP contribution in [-0.2, 0) is 4.74 Å². The minimum atomic E-state index is -0.257. The minimum absolute atomic E-state index is 0.0667. The summed E-state index contributed by atoms with van der Waals surface area (Å²) in [6, 6.07) is 0. The fourth-order valence-electron chi connectivity index (χ4n) is 1.12. The Kier molecular flexibility index (Phi) is 6.29. The first kappa shape index (κ1) is 12.9. The van der Waals surface area contributed by atoms with Crippen molar-refractivity contribution in [2.24, 2.45) is 11.7 Å². The minimum Gasteiger partial charge on any atom is -0.394 e. The van der Waals surface area contributed by atoms with Crippen molar-refractivity contribution in [3.05, 3.63) is 0 Å². The van der Waals surface area contributed by atoms with E-state index in [0.717, 1.165) is 12.8 Å². The second-order valence-corrected chi connectivity index (χ2v) is 4.16. The Bertz CT molecular complexity index is 128. The number of aliphatic hydroxyl groups excluding tert-OH is 1. The maximum absolute atomic E-state index is 8.64. The molecule has 0 rings (SSSR count). The van der Waals surface area contributed by atoms with Gasteiger partial charge in [0.25, 0.3) is 0 Å². The molecule has 3 heteroatoms. The second-order valence-electron chi connectivity index (χ2n) is 4.16. The Morgan fingerprint density at radius 2 is 2.08 bits per heavy atom. The number of nitrogens with two attached hydrogens (primary N) is 1. The lowest BCUT2D eigenvalue weighted by Gasteiger charge is -2.28. The molecule has 1 unspecified atom stereocenters. The van der Waals surface area contributed by atoms with Gasteiger partial charge in [-0.1, -0.05) is 13.8 Å². The number of hydrogen-bond acceptors (Lipinski definition) is 3. The fourth-order valence-corrected chi connectivity index (χ4v) is 1.12. The van der Waals surface area contributed by atoms with Crippen molar-refractivity contribution in [2.45, 2.75) is 39.2 Å². The van der Waals surface area contributed by atoms with Crippen LogP contribution in [0.2, 0.25) is 0 Å². The Morgan fingerprint density at radius 1 is 1.46 bits per heavy atom. The monoisotopic (exact) mass is 189 g/mol. The molecule has 0 radical (unpaired) electrons. The van der Waals surface area contributed by atoms with Crippen molar-refractivity contribution in [3.63, 3.8) is 0 Å². The smallest absolute Gasteiger partial charge is 0.0777 e. The van der Waals surface area contributed by atoms with Gasteiger partial charge in [0, 0.05) is 6.54 Å². The molecule has 80 valence electrons. The zero-order chi connectivity index (χ0) is 10.3. The van der Waals surface area contributed by atoms with Gasteiger partial charge in [-0.25, -0.2) is 0 Å². The van der Waals surface area contributed by atoms with Crippen LogP contribution in [0.5, 0.6) is 0 Å². The lowest BCUT2D eigenvalue weighted by molar-refractivity contribution is -0.0472. The number of rotatable bonds is 7. The summed E-state index contributed by atoms with van der Waals surface area (Å²) in [6.07, 6.45) is 2.07. The fraction of sp³-hybridized carbons (Fsp3) is 1.00. The molecule has 0 aromatic heterocycles. The molecule has 1 atom stereocenters. The maximum Gasteiger partial charge on any atom is 0.0777 e. The molecule has 0 bridgehead atoms. The molecule has 0 aromatic rings. The van der Waals surface area contributed by atoms with Gasteiger partial charge in [-0.3, -0.25) is 0 Å². The molecular formula is C10H23NO2. The normalized spacial score (nSPS) is 16.2. The van der Waals surface area contributed by atoms with Crippen LogP contribution in [0.3, 0.4) is 0 Å². The van der Waals surface area contributed by atoms with Crippen LogP contribution in [0.1, 0.15) is 33.6 Å². The SMILES string of the molecule is CC(C)CCC(C)(CN)OCCO. The highest BCUT2D eigenvalue weighted by Gasteiger charge is 2.22. The third-order valence-corrected chi connectivity index (χ3v) is 2.22. The first-order valence-electron chi connectivity index (χ1n) is 4.99. The highest BCUT2D eigenvalue weighted by Crippen LogP contribution is 2.19. The predicted octanol–water partition coefficient (Wildman–Crippen LogP) is 1.15. The van der Waals surface area contributed by atoms with E-state index in [9.17, 15) is 0 Å². The molecule has 0 amide bonds. The van der Waals surface area contributed by atoms with Crippen molar-refractivity contribution in [3.8, 4) is 0 Å². The summed E-state index contributed by atoms with van der Waals surface area (Å²) in [5.74, 6) is 0.670. The summed E-state index contributed by atoms with van der Waals surface area (Å²) in [6.45, 7) is 7.33. The standard InChI is InChI=1S/C10H23NO2/c1-9(2)4-5-10(3,8-11)13-7-6-12/h9,12H,4-8,11H2,1-3H3. The Labute approximate surface area is 81.3 Å². The quantitative estimate of drug-likeness (QED) is 0.631. The average molecular weight is 189 g/mol. The van der Waals surface area contributed by atoms with Crippen LogP contribution in [-0.4, -0.2) is 30.5 Å². The summed E-state index contributed by atoms with van der Waals surface area (Å²) in [5.41, 5.74) is 5.37. The highest BCUT2D eigenvalue weighted by molar-refractivity contribution is 4.76. The van der Waals surface area contributed by atoms with Crippen molar-refractivity contribution in [1.29, 1.82) is 0 Å². The Morgan fingerprint density at radius 3 is 2.46 bits per heavy atom. The molecule has 13 heavy (non-hydrogen) atoms. The zero-order valence-corrected chi connectivity index (χ0v) is 9.05. The summed E-state index contributed by atoms with van der Waals surface area (Å²) in [7, 11) is 0. The molecule has 0 aliphatic carbocycles. The first-order valence-corrected chi connectivity index (χ1v) is 4.99. The third-order valence-electron chi connectivity index (χ3n) is 2.22. The summed E-state index contributed by atoms with van der Waals surface area (Å²) in [4.78, 5) is 0.